The average Bonchev–Trinajstić information content (AvgIpc) is 2.87. The zero-order valence-corrected chi connectivity index (χ0v) is 12.2. The molecular formula is C15H19N3O3. The third-order valence-electron chi connectivity index (χ3n) is 3.03. The zero-order chi connectivity index (χ0) is 15.2. The number of hydrogen-bond donors (Lipinski definition) is 1. The standard InChI is InChI=1S/C15H19N3O3/c1-3-8-18(10-14(19)20)9-13-16-15(21-17-13)12-6-4-11(2)5-7-12/h4-7H,3,8-10H2,1-2H3,(H,19,20). The van der Waals surface area contributed by atoms with Crippen LogP contribution in [0.2, 0.25) is 0 Å². The molecule has 0 amide bonds. The molecule has 0 aliphatic heterocycles. The van der Waals surface area contributed by atoms with Crippen molar-refractivity contribution in [3.63, 3.8) is 0 Å². The average molecular weight is 289 g/mol. The van der Waals surface area contributed by atoms with Crippen LogP contribution in [-0.4, -0.2) is 39.2 Å². The third-order valence-corrected chi connectivity index (χ3v) is 3.03. The van der Waals surface area contributed by atoms with Crippen molar-refractivity contribution in [1.29, 1.82) is 0 Å². The summed E-state index contributed by atoms with van der Waals surface area (Å²) in [5, 5.41) is 12.8. The van der Waals surface area contributed by atoms with E-state index in [0.717, 1.165) is 17.5 Å². The highest BCUT2D eigenvalue weighted by molar-refractivity contribution is 5.69. The molecule has 1 aromatic heterocycles. The maximum absolute atomic E-state index is 10.8. The number of carboxylic acids is 1. The molecule has 6 nitrogen and oxygen atoms in total. The second-order valence-corrected chi connectivity index (χ2v) is 4.99. The molecule has 0 saturated heterocycles. The molecule has 0 saturated carbocycles. The van der Waals surface area contributed by atoms with Crippen molar-refractivity contribution < 1.29 is 14.4 Å². The van der Waals surface area contributed by atoms with Gasteiger partial charge in [-0.15, -0.1) is 0 Å². The van der Waals surface area contributed by atoms with Crippen LogP contribution in [0.1, 0.15) is 24.7 Å². The molecule has 2 aromatic rings. The quantitative estimate of drug-likeness (QED) is 0.842. The van der Waals surface area contributed by atoms with E-state index in [-0.39, 0.29) is 6.54 Å². The molecule has 0 aliphatic rings. The van der Waals surface area contributed by atoms with E-state index in [1.54, 1.807) is 4.90 Å². The molecule has 1 heterocycles. The van der Waals surface area contributed by atoms with E-state index in [9.17, 15) is 4.79 Å². The molecule has 112 valence electrons. The normalized spacial score (nSPS) is 11.0. The first-order chi connectivity index (χ1) is 10.1. The zero-order valence-electron chi connectivity index (χ0n) is 12.2. The van der Waals surface area contributed by atoms with Crippen molar-refractivity contribution in [3.05, 3.63) is 35.7 Å². The van der Waals surface area contributed by atoms with E-state index in [2.05, 4.69) is 10.1 Å². The fraction of sp³-hybridized carbons (Fsp3) is 0.400. The minimum atomic E-state index is -0.856. The van der Waals surface area contributed by atoms with Crippen LogP contribution in [0.4, 0.5) is 0 Å². The van der Waals surface area contributed by atoms with Crippen molar-refractivity contribution in [2.24, 2.45) is 0 Å². The van der Waals surface area contributed by atoms with Gasteiger partial charge in [0.25, 0.3) is 5.89 Å². The highest BCUT2D eigenvalue weighted by Gasteiger charge is 2.14. The Kier molecular flexibility index (Phi) is 5.05. The molecule has 0 bridgehead atoms. The van der Waals surface area contributed by atoms with Gasteiger partial charge in [0.05, 0.1) is 13.1 Å². The lowest BCUT2D eigenvalue weighted by Gasteiger charge is -2.16. The molecule has 0 aliphatic carbocycles. The molecule has 0 spiro atoms. The van der Waals surface area contributed by atoms with Gasteiger partial charge in [-0.05, 0) is 32.0 Å². The summed E-state index contributed by atoms with van der Waals surface area (Å²) in [6.07, 6.45) is 0.871. The predicted molar refractivity (Wildman–Crippen MR) is 77.7 cm³/mol. The minimum absolute atomic E-state index is 0.0256. The van der Waals surface area contributed by atoms with Gasteiger partial charge in [0.2, 0.25) is 0 Å². The summed E-state index contributed by atoms with van der Waals surface area (Å²) in [6.45, 7) is 5.04. The molecule has 21 heavy (non-hydrogen) atoms. The predicted octanol–water partition coefficient (Wildman–Crippen LogP) is 2.34. The molecule has 1 aromatic carbocycles. The summed E-state index contributed by atoms with van der Waals surface area (Å²) in [4.78, 5) is 16.9. The Labute approximate surface area is 123 Å². The van der Waals surface area contributed by atoms with E-state index in [4.69, 9.17) is 9.63 Å². The Balaban J connectivity index is 2.07. The van der Waals surface area contributed by atoms with Crippen LogP contribution in [0.25, 0.3) is 11.5 Å². The second kappa shape index (κ2) is 6.99. The molecule has 6 heteroatoms. The summed E-state index contributed by atoms with van der Waals surface area (Å²) >= 11 is 0. The number of hydrogen-bond acceptors (Lipinski definition) is 5. The van der Waals surface area contributed by atoms with Gasteiger partial charge >= 0.3 is 5.97 Å². The van der Waals surface area contributed by atoms with Crippen molar-refractivity contribution >= 4 is 5.97 Å². The summed E-state index contributed by atoms with van der Waals surface area (Å²) < 4.78 is 5.24. The van der Waals surface area contributed by atoms with Gasteiger partial charge in [-0.1, -0.05) is 29.8 Å². The van der Waals surface area contributed by atoms with Gasteiger partial charge < -0.3 is 9.63 Å². The van der Waals surface area contributed by atoms with Crippen LogP contribution in [0.5, 0.6) is 0 Å². The summed E-state index contributed by atoms with van der Waals surface area (Å²) in [5.41, 5.74) is 2.02. The number of aryl methyl sites for hydroxylation is 1. The monoisotopic (exact) mass is 289 g/mol. The lowest BCUT2D eigenvalue weighted by atomic mass is 10.1. The fourth-order valence-electron chi connectivity index (χ4n) is 2.05. The van der Waals surface area contributed by atoms with E-state index in [0.29, 0.717) is 24.8 Å². The van der Waals surface area contributed by atoms with Gasteiger partial charge in [0.15, 0.2) is 5.82 Å². The van der Waals surface area contributed by atoms with Gasteiger partial charge in [-0.3, -0.25) is 9.69 Å². The maximum Gasteiger partial charge on any atom is 0.317 e. The SMILES string of the molecule is CCCN(CC(=O)O)Cc1noc(-c2ccc(C)cc2)n1. The van der Waals surface area contributed by atoms with Crippen molar-refractivity contribution in [2.45, 2.75) is 26.8 Å². The van der Waals surface area contributed by atoms with Crippen LogP contribution in [0, 0.1) is 6.92 Å². The van der Waals surface area contributed by atoms with Gasteiger partial charge in [-0.25, -0.2) is 0 Å². The van der Waals surface area contributed by atoms with Gasteiger partial charge in [-0.2, -0.15) is 4.98 Å². The Morgan fingerprint density at radius 3 is 2.67 bits per heavy atom. The Morgan fingerprint density at radius 2 is 2.05 bits per heavy atom. The van der Waals surface area contributed by atoms with E-state index in [1.165, 1.54) is 0 Å². The Bertz CT molecular complexity index is 592. The second-order valence-electron chi connectivity index (χ2n) is 4.99. The minimum Gasteiger partial charge on any atom is -0.480 e. The largest absolute Gasteiger partial charge is 0.480 e. The van der Waals surface area contributed by atoms with E-state index in [1.807, 2.05) is 38.1 Å². The first-order valence-electron chi connectivity index (χ1n) is 6.92. The van der Waals surface area contributed by atoms with Crippen molar-refractivity contribution in [3.8, 4) is 11.5 Å². The number of aliphatic carboxylic acids is 1. The third kappa shape index (κ3) is 4.39. The molecule has 1 N–H and O–H groups in total. The topological polar surface area (TPSA) is 79.5 Å². The highest BCUT2D eigenvalue weighted by atomic mass is 16.5. The Morgan fingerprint density at radius 1 is 1.33 bits per heavy atom. The molecular weight excluding hydrogens is 270 g/mol. The van der Waals surface area contributed by atoms with E-state index < -0.39 is 5.97 Å². The Hall–Kier alpha value is -2.21. The smallest absolute Gasteiger partial charge is 0.317 e. The van der Waals surface area contributed by atoms with Crippen molar-refractivity contribution in [2.75, 3.05) is 13.1 Å². The first kappa shape index (κ1) is 15.2. The number of carboxylic acid groups (broad SMARTS) is 1. The highest BCUT2D eigenvalue weighted by Crippen LogP contribution is 2.18. The van der Waals surface area contributed by atoms with Crippen LogP contribution in [-0.2, 0) is 11.3 Å². The van der Waals surface area contributed by atoms with Crippen LogP contribution in [0.15, 0.2) is 28.8 Å². The summed E-state index contributed by atoms with van der Waals surface area (Å²) in [5.74, 6) is 0.0998. The lowest BCUT2D eigenvalue weighted by Crippen LogP contribution is -2.30. The number of nitrogens with zero attached hydrogens (tertiary/aromatic N) is 3. The van der Waals surface area contributed by atoms with Gasteiger partial charge in [0.1, 0.15) is 0 Å². The van der Waals surface area contributed by atoms with E-state index >= 15 is 0 Å². The fourth-order valence-corrected chi connectivity index (χ4v) is 2.05. The molecule has 0 fully saturated rings. The molecule has 0 atom stereocenters. The molecule has 2 rings (SSSR count). The van der Waals surface area contributed by atoms with Crippen molar-refractivity contribution in [1.82, 2.24) is 15.0 Å². The van der Waals surface area contributed by atoms with Gasteiger partial charge in [0, 0.05) is 5.56 Å². The van der Waals surface area contributed by atoms with Crippen LogP contribution < -0.4 is 0 Å². The number of rotatable bonds is 7. The first-order valence-corrected chi connectivity index (χ1v) is 6.92. The summed E-state index contributed by atoms with van der Waals surface area (Å²) in [6, 6.07) is 7.81. The van der Waals surface area contributed by atoms with Crippen LogP contribution >= 0.6 is 0 Å². The number of carbonyl (C=O) groups is 1. The van der Waals surface area contributed by atoms with Crippen LogP contribution in [0.3, 0.4) is 0 Å². The molecule has 0 radical (unpaired) electrons. The lowest BCUT2D eigenvalue weighted by molar-refractivity contribution is -0.138. The number of aromatic nitrogens is 2. The maximum atomic E-state index is 10.8. The summed E-state index contributed by atoms with van der Waals surface area (Å²) in [7, 11) is 0. The molecule has 0 unspecified atom stereocenters. The number of benzene rings is 1.